The minimum atomic E-state index is -0.504. The molecule has 0 radical (unpaired) electrons. The number of rotatable bonds is 7. The largest absolute Gasteiger partial charge is 0.461 e. The number of ether oxygens (including phenoxy) is 2. The maximum absolute atomic E-state index is 12.3. The van der Waals surface area contributed by atoms with E-state index in [2.05, 4.69) is 10.3 Å². The van der Waals surface area contributed by atoms with Gasteiger partial charge in [0.1, 0.15) is 11.5 Å². The Kier molecular flexibility index (Phi) is 6.78. The monoisotopic (exact) mass is 466 g/mol. The van der Waals surface area contributed by atoms with Gasteiger partial charge in [0.25, 0.3) is 0 Å². The zero-order chi connectivity index (χ0) is 22.5. The highest BCUT2D eigenvalue weighted by Crippen LogP contribution is 2.33. The third-order valence-electron chi connectivity index (χ3n) is 4.70. The summed E-state index contributed by atoms with van der Waals surface area (Å²) in [5.41, 5.74) is 2.40. The lowest BCUT2D eigenvalue weighted by molar-refractivity contribution is 0.0520. The number of carbonyl (C=O) groups is 1. The topological polar surface area (TPSA) is 60.5 Å². The molecule has 0 saturated carbocycles. The molecule has 0 aliphatic rings. The molecule has 4 aromatic rings. The van der Waals surface area contributed by atoms with Crippen LogP contribution in [0, 0.1) is 0 Å². The van der Waals surface area contributed by atoms with Crippen LogP contribution in [0.25, 0.3) is 10.9 Å². The van der Waals surface area contributed by atoms with Crippen molar-refractivity contribution in [1.29, 1.82) is 0 Å². The Bertz CT molecular complexity index is 1250. The second kappa shape index (κ2) is 9.90. The highest BCUT2D eigenvalue weighted by Gasteiger charge is 2.16. The van der Waals surface area contributed by atoms with Crippen molar-refractivity contribution in [2.75, 3.05) is 11.9 Å². The van der Waals surface area contributed by atoms with Crippen molar-refractivity contribution in [1.82, 2.24) is 4.98 Å². The maximum Gasteiger partial charge on any atom is 0.357 e. The van der Waals surface area contributed by atoms with Crippen LogP contribution in [0.1, 0.15) is 23.0 Å². The van der Waals surface area contributed by atoms with Gasteiger partial charge in [-0.05, 0) is 55.0 Å². The summed E-state index contributed by atoms with van der Waals surface area (Å²) in [4.78, 5) is 16.7. The number of anilines is 1. The average molecular weight is 467 g/mol. The number of aromatic nitrogens is 1. The van der Waals surface area contributed by atoms with Crippen LogP contribution in [0.15, 0.2) is 72.8 Å². The summed E-state index contributed by atoms with van der Waals surface area (Å²) in [6.07, 6.45) is 0. The van der Waals surface area contributed by atoms with Crippen LogP contribution in [-0.2, 0) is 11.3 Å². The van der Waals surface area contributed by atoms with E-state index >= 15 is 0 Å². The Balaban J connectivity index is 1.57. The van der Waals surface area contributed by atoms with Crippen molar-refractivity contribution in [2.24, 2.45) is 0 Å². The smallest absolute Gasteiger partial charge is 0.357 e. The van der Waals surface area contributed by atoms with E-state index in [-0.39, 0.29) is 12.3 Å². The quantitative estimate of drug-likeness (QED) is 0.293. The molecule has 4 rings (SSSR count). The molecular formula is C25H20Cl2N2O3. The molecule has 5 nitrogen and oxygen atoms in total. The first-order valence-corrected chi connectivity index (χ1v) is 10.8. The Labute approximate surface area is 195 Å². The summed E-state index contributed by atoms with van der Waals surface area (Å²) in [6, 6.07) is 22.3. The Hall–Kier alpha value is -3.28. The van der Waals surface area contributed by atoms with Gasteiger partial charge in [0, 0.05) is 22.6 Å². The third-order valence-corrected chi connectivity index (χ3v) is 5.21. The van der Waals surface area contributed by atoms with E-state index < -0.39 is 5.97 Å². The molecule has 7 heteroatoms. The van der Waals surface area contributed by atoms with Gasteiger partial charge in [-0.2, -0.15) is 0 Å². The first kappa shape index (κ1) is 21.9. The van der Waals surface area contributed by atoms with Gasteiger partial charge in [-0.1, -0.05) is 53.5 Å². The fourth-order valence-corrected chi connectivity index (χ4v) is 3.82. The zero-order valence-corrected chi connectivity index (χ0v) is 18.8. The number of esters is 1. The number of halogens is 2. The molecule has 0 bridgehead atoms. The Morgan fingerprint density at radius 3 is 2.41 bits per heavy atom. The zero-order valence-electron chi connectivity index (χ0n) is 17.3. The predicted octanol–water partition coefficient (Wildman–Crippen LogP) is 7.12. The molecule has 162 valence electrons. The van der Waals surface area contributed by atoms with E-state index in [1.165, 1.54) is 0 Å². The van der Waals surface area contributed by atoms with Gasteiger partial charge >= 0.3 is 5.97 Å². The van der Waals surface area contributed by atoms with Crippen LogP contribution in [0.3, 0.4) is 0 Å². The standard InChI is InChI=1S/C25H20Cl2N2O3/c1-2-31-25(30)23-14-21(24-20(27)12-17(26)13-22(24)29-23)28-15-16-8-10-19(11-9-16)32-18-6-4-3-5-7-18/h3-14H,2,15H2,1H3,(H,28,29). The molecular weight excluding hydrogens is 447 g/mol. The maximum atomic E-state index is 12.3. The first-order chi connectivity index (χ1) is 15.5. The summed E-state index contributed by atoms with van der Waals surface area (Å²) in [5.74, 6) is 1.02. The van der Waals surface area contributed by atoms with Crippen molar-refractivity contribution < 1.29 is 14.3 Å². The van der Waals surface area contributed by atoms with Gasteiger partial charge in [0.15, 0.2) is 5.69 Å². The normalized spacial score (nSPS) is 10.7. The Morgan fingerprint density at radius 1 is 0.969 bits per heavy atom. The minimum absolute atomic E-state index is 0.187. The second-order valence-corrected chi connectivity index (χ2v) is 7.81. The summed E-state index contributed by atoms with van der Waals surface area (Å²) in [5, 5.41) is 4.93. The number of benzene rings is 3. The minimum Gasteiger partial charge on any atom is -0.461 e. The van der Waals surface area contributed by atoms with Crippen LogP contribution in [0.2, 0.25) is 10.0 Å². The summed E-state index contributed by atoms with van der Waals surface area (Å²) < 4.78 is 10.9. The number of hydrogen-bond acceptors (Lipinski definition) is 5. The van der Waals surface area contributed by atoms with Gasteiger partial charge in [-0.25, -0.2) is 9.78 Å². The summed E-state index contributed by atoms with van der Waals surface area (Å²) >= 11 is 12.6. The SMILES string of the molecule is CCOC(=O)c1cc(NCc2ccc(Oc3ccccc3)cc2)c2c(Cl)cc(Cl)cc2n1. The fourth-order valence-electron chi connectivity index (χ4n) is 3.23. The molecule has 3 aromatic carbocycles. The molecule has 0 aliphatic heterocycles. The number of nitrogens with one attached hydrogen (secondary N) is 1. The van der Waals surface area contributed by atoms with Gasteiger partial charge in [-0.3, -0.25) is 0 Å². The van der Waals surface area contributed by atoms with Crippen molar-refractivity contribution in [3.63, 3.8) is 0 Å². The molecule has 0 aliphatic carbocycles. The molecule has 1 heterocycles. The van der Waals surface area contributed by atoms with E-state index in [4.69, 9.17) is 32.7 Å². The molecule has 0 amide bonds. The van der Waals surface area contributed by atoms with Gasteiger partial charge < -0.3 is 14.8 Å². The second-order valence-electron chi connectivity index (χ2n) is 6.97. The van der Waals surface area contributed by atoms with Crippen molar-refractivity contribution in [3.8, 4) is 11.5 Å². The van der Waals surface area contributed by atoms with E-state index in [9.17, 15) is 4.79 Å². The highest BCUT2D eigenvalue weighted by atomic mass is 35.5. The van der Waals surface area contributed by atoms with E-state index in [1.807, 2.05) is 54.6 Å². The molecule has 0 atom stereocenters. The lowest BCUT2D eigenvalue weighted by atomic mass is 10.1. The molecule has 1 N–H and O–H groups in total. The molecule has 0 saturated heterocycles. The van der Waals surface area contributed by atoms with Crippen LogP contribution in [-0.4, -0.2) is 17.6 Å². The predicted molar refractivity (Wildman–Crippen MR) is 128 cm³/mol. The van der Waals surface area contributed by atoms with Crippen LogP contribution in [0.4, 0.5) is 5.69 Å². The van der Waals surface area contributed by atoms with Crippen molar-refractivity contribution in [3.05, 3.63) is 94.1 Å². The van der Waals surface area contributed by atoms with Crippen LogP contribution < -0.4 is 10.1 Å². The van der Waals surface area contributed by atoms with Crippen molar-refractivity contribution >= 4 is 45.8 Å². The number of hydrogen-bond donors (Lipinski definition) is 1. The number of para-hydroxylation sites is 1. The van der Waals surface area contributed by atoms with Gasteiger partial charge in [-0.15, -0.1) is 0 Å². The lowest BCUT2D eigenvalue weighted by Crippen LogP contribution is -2.09. The molecule has 0 spiro atoms. The highest BCUT2D eigenvalue weighted by molar-refractivity contribution is 6.39. The van der Waals surface area contributed by atoms with Gasteiger partial charge in [0.2, 0.25) is 0 Å². The van der Waals surface area contributed by atoms with Gasteiger partial charge in [0.05, 0.1) is 17.1 Å². The first-order valence-electron chi connectivity index (χ1n) is 10.1. The van der Waals surface area contributed by atoms with Crippen LogP contribution in [0.5, 0.6) is 11.5 Å². The molecule has 1 aromatic heterocycles. The molecule has 32 heavy (non-hydrogen) atoms. The van der Waals surface area contributed by atoms with E-state index in [0.717, 1.165) is 17.1 Å². The summed E-state index contributed by atoms with van der Waals surface area (Å²) in [7, 11) is 0. The van der Waals surface area contributed by atoms with Crippen molar-refractivity contribution in [2.45, 2.75) is 13.5 Å². The van der Waals surface area contributed by atoms with E-state index in [0.29, 0.717) is 33.2 Å². The molecule has 0 unspecified atom stereocenters. The Morgan fingerprint density at radius 2 is 1.69 bits per heavy atom. The average Bonchev–Trinajstić information content (AvgIpc) is 2.78. The third kappa shape index (κ3) is 5.13. The number of pyridine rings is 1. The molecule has 0 fully saturated rings. The number of fused-ring (bicyclic) bond motifs is 1. The fraction of sp³-hybridized carbons (Fsp3) is 0.120. The van der Waals surface area contributed by atoms with E-state index in [1.54, 1.807) is 25.1 Å². The number of carbonyl (C=O) groups excluding carboxylic acids is 1. The number of nitrogens with zero attached hydrogens (tertiary/aromatic N) is 1. The summed E-state index contributed by atoms with van der Waals surface area (Å²) in [6.45, 7) is 2.51. The lowest BCUT2D eigenvalue weighted by Gasteiger charge is -2.14. The van der Waals surface area contributed by atoms with Crippen LogP contribution >= 0.6 is 23.2 Å².